The van der Waals surface area contributed by atoms with E-state index in [1.54, 1.807) is 7.11 Å². The van der Waals surface area contributed by atoms with E-state index in [0.717, 1.165) is 79.9 Å². The number of aromatic nitrogens is 2. The molecule has 3 aromatic rings. The third-order valence-corrected chi connectivity index (χ3v) is 7.07. The molecule has 0 amide bonds. The first-order valence-electron chi connectivity index (χ1n) is 13.3. The fraction of sp³-hybridized carbons (Fsp3) is 0.483. The standard InChI is InChI=1S/C29H38N4O4/c1-3-28-27(21-32(22-9-10-22)20-24(34)19-31-15-17-36-18-16-31)29(33(30-28)23-7-5-4-6-8-23)37-26-13-11-25(35-2)12-14-26/h4-8,11-14,22,24,34H,3,9-10,15-21H2,1-2H3/t24-/m0/s1. The molecule has 0 unspecified atom stereocenters. The first-order valence-corrected chi connectivity index (χ1v) is 13.3. The van der Waals surface area contributed by atoms with Crippen LogP contribution in [0.5, 0.6) is 17.4 Å². The number of nitrogens with zero attached hydrogens (tertiary/aromatic N) is 4. The maximum atomic E-state index is 11.0. The number of morpholine rings is 1. The van der Waals surface area contributed by atoms with E-state index in [4.69, 9.17) is 19.3 Å². The number of methoxy groups -OCH3 is 1. The van der Waals surface area contributed by atoms with Crippen LogP contribution in [0.4, 0.5) is 0 Å². The predicted octanol–water partition coefficient (Wildman–Crippen LogP) is 3.89. The number of aryl methyl sites for hydroxylation is 1. The molecular weight excluding hydrogens is 468 g/mol. The second kappa shape index (κ2) is 12.1. The van der Waals surface area contributed by atoms with Crippen LogP contribution in [0.15, 0.2) is 54.6 Å². The molecule has 0 spiro atoms. The minimum Gasteiger partial charge on any atom is -0.497 e. The number of para-hydroxylation sites is 1. The molecule has 2 aromatic carbocycles. The monoisotopic (exact) mass is 506 g/mol. The van der Waals surface area contributed by atoms with Crippen molar-refractivity contribution in [3.05, 3.63) is 65.9 Å². The predicted molar refractivity (Wildman–Crippen MR) is 143 cm³/mol. The van der Waals surface area contributed by atoms with Crippen molar-refractivity contribution in [3.63, 3.8) is 0 Å². The van der Waals surface area contributed by atoms with Crippen molar-refractivity contribution in [2.45, 2.75) is 44.9 Å². The van der Waals surface area contributed by atoms with Crippen LogP contribution in [0.1, 0.15) is 31.0 Å². The van der Waals surface area contributed by atoms with Gasteiger partial charge in [0.05, 0.1) is 43.4 Å². The lowest BCUT2D eigenvalue weighted by Gasteiger charge is -2.31. The zero-order chi connectivity index (χ0) is 25.6. The molecule has 37 heavy (non-hydrogen) atoms. The van der Waals surface area contributed by atoms with Gasteiger partial charge in [0, 0.05) is 38.8 Å². The van der Waals surface area contributed by atoms with Gasteiger partial charge in [0.15, 0.2) is 0 Å². The van der Waals surface area contributed by atoms with Crippen molar-refractivity contribution in [3.8, 4) is 23.1 Å². The van der Waals surface area contributed by atoms with Crippen LogP contribution in [0.3, 0.4) is 0 Å². The number of benzene rings is 2. The van der Waals surface area contributed by atoms with Gasteiger partial charge in [-0.05, 0) is 55.7 Å². The molecule has 1 saturated heterocycles. The van der Waals surface area contributed by atoms with Crippen LogP contribution in [0.2, 0.25) is 0 Å². The molecule has 5 rings (SSSR count). The Morgan fingerprint density at radius 1 is 1.05 bits per heavy atom. The summed E-state index contributed by atoms with van der Waals surface area (Å²) < 4.78 is 19.2. The highest BCUT2D eigenvalue weighted by Crippen LogP contribution is 2.36. The Morgan fingerprint density at radius 2 is 1.76 bits per heavy atom. The Kier molecular flexibility index (Phi) is 8.41. The van der Waals surface area contributed by atoms with Crippen LogP contribution < -0.4 is 9.47 Å². The van der Waals surface area contributed by atoms with Crippen molar-refractivity contribution in [1.29, 1.82) is 0 Å². The fourth-order valence-electron chi connectivity index (χ4n) is 4.92. The van der Waals surface area contributed by atoms with E-state index in [2.05, 4.69) is 16.7 Å². The van der Waals surface area contributed by atoms with E-state index < -0.39 is 6.10 Å². The Labute approximate surface area is 219 Å². The van der Waals surface area contributed by atoms with E-state index in [0.29, 0.717) is 25.7 Å². The smallest absolute Gasteiger partial charge is 0.227 e. The lowest BCUT2D eigenvalue weighted by Crippen LogP contribution is -2.45. The molecule has 0 radical (unpaired) electrons. The Hall–Kier alpha value is -2.91. The van der Waals surface area contributed by atoms with Gasteiger partial charge < -0.3 is 19.3 Å². The van der Waals surface area contributed by atoms with Gasteiger partial charge in [0.1, 0.15) is 11.5 Å². The molecule has 2 aliphatic rings. The van der Waals surface area contributed by atoms with E-state index in [1.807, 2.05) is 59.3 Å². The molecule has 2 fully saturated rings. The quantitative estimate of drug-likeness (QED) is 0.400. The molecule has 1 N–H and O–H groups in total. The SMILES string of the molecule is CCc1nn(-c2ccccc2)c(Oc2ccc(OC)cc2)c1CN(C[C@@H](O)CN1CCOCC1)C1CC1. The molecule has 2 heterocycles. The molecule has 8 nitrogen and oxygen atoms in total. The van der Waals surface area contributed by atoms with Gasteiger partial charge in [0.2, 0.25) is 5.88 Å². The van der Waals surface area contributed by atoms with Gasteiger partial charge in [-0.3, -0.25) is 9.80 Å². The van der Waals surface area contributed by atoms with Crippen molar-refractivity contribution in [2.24, 2.45) is 0 Å². The molecule has 198 valence electrons. The summed E-state index contributed by atoms with van der Waals surface area (Å²) >= 11 is 0. The molecular formula is C29H38N4O4. The van der Waals surface area contributed by atoms with Gasteiger partial charge in [-0.15, -0.1) is 0 Å². The van der Waals surface area contributed by atoms with E-state index in [-0.39, 0.29) is 0 Å². The second-order valence-corrected chi connectivity index (χ2v) is 9.84. The third kappa shape index (κ3) is 6.51. The van der Waals surface area contributed by atoms with Gasteiger partial charge >= 0.3 is 0 Å². The molecule has 1 aliphatic carbocycles. The van der Waals surface area contributed by atoms with Crippen LogP contribution in [0, 0.1) is 0 Å². The number of aliphatic hydroxyl groups excluding tert-OH is 1. The topological polar surface area (TPSA) is 72.2 Å². The normalized spacial score (nSPS) is 17.2. The largest absolute Gasteiger partial charge is 0.497 e. The molecule has 0 bridgehead atoms. The zero-order valence-electron chi connectivity index (χ0n) is 21.9. The first kappa shape index (κ1) is 25.7. The van der Waals surface area contributed by atoms with Crippen LogP contribution in [-0.4, -0.2) is 83.3 Å². The summed E-state index contributed by atoms with van der Waals surface area (Å²) in [4.78, 5) is 4.71. The number of ether oxygens (including phenoxy) is 3. The Balaban J connectivity index is 1.42. The van der Waals surface area contributed by atoms with Gasteiger partial charge in [0.25, 0.3) is 0 Å². The average Bonchev–Trinajstić information content (AvgIpc) is 3.73. The van der Waals surface area contributed by atoms with Crippen LogP contribution >= 0.6 is 0 Å². The third-order valence-electron chi connectivity index (χ3n) is 7.07. The number of aliphatic hydroxyl groups is 1. The van der Waals surface area contributed by atoms with E-state index in [1.165, 1.54) is 0 Å². The minimum atomic E-state index is -0.418. The summed E-state index contributed by atoms with van der Waals surface area (Å²) in [6.45, 7) is 7.36. The van der Waals surface area contributed by atoms with Gasteiger partial charge in [-0.25, -0.2) is 4.68 Å². The fourth-order valence-corrected chi connectivity index (χ4v) is 4.92. The summed E-state index contributed by atoms with van der Waals surface area (Å²) in [5.74, 6) is 2.24. The molecule has 1 atom stereocenters. The highest BCUT2D eigenvalue weighted by molar-refractivity contribution is 5.44. The molecule has 1 aromatic heterocycles. The van der Waals surface area contributed by atoms with Crippen molar-refractivity contribution < 1.29 is 19.3 Å². The van der Waals surface area contributed by atoms with Crippen molar-refractivity contribution >= 4 is 0 Å². The molecule has 1 saturated carbocycles. The summed E-state index contributed by atoms with van der Waals surface area (Å²) in [7, 11) is 1.66. The minimum absolute atomic E-state index is 0.418. The number of β-amino-alcohol motifs (C(OH)–C–C–N with tert-alkyl or cyclic N) is 1. The Morgan fingerprint density at radius 3 is 2.41 bits per heavy atom. The highest BCUT2D eigenvalue weighted by Gasteiger charge is 2.33. The maximum absolute atomic E-state index is 11.0. The molecule has 8 heteroatoms. The summed E-state index contributed by atoms with van der Waals surface area (Å²) in [5, 5.41) is 16.0. The second-order valence-electron chi connectivity index (χ2n) is 9.84. The maximum Gasteiger partial charge on any atom is 0.227 e. The molecule has 1 aliphatic heterocycles. The lowest BCUT2D eigenvalue weighted by atomic mass is 10.1. The Bertz CT molecular complexity index is 1120. The lowest BCUT2D eigenvalue weighted by molar-refractivity contribution is 0.00544. The summed E-state index contributed by atoms with van der Waals surface area (Å²) in [6, 6.07) is 18.2. The van der Waals surface area contributed by atoms with Crippen molar-refractivity contribution in [2.75, 3.05) is 46.5 Å². The van der Waals surface area contributed by atoms with Gasteiger partial charge in [-0.1, -0.05) is 25.1 Å². The van der Waals surface area contributed by atoms with Crippen molar-refractivity contribution in [1.82, 2.24) is 19.6 Å². The summed E-state index contributed by atoms with van der Waals surface area (Å²) in [5.41, 5.74) is 3.05. The van der Waals surface area contributed by atoms with Crippen LogP contribution in [0.25, 0.3) is 5.69 Å². The number of hydrogen-bond acceptors (Lipinski definition) is 7. The zero-order valence-corrected chi connectivity index (χ0v) is 21.9. The van der Waals surface area contributed by atoms with E-state index >= 15 is 0 Å². The highest BCUT2D eigenvalue weighted by atomic mass is 16.5. The summed E-state index contributed by atoms with van der Waals surface area (Å²) in [6.07, 6.45) is 2.70. The first-order chi connectivity index (χ1) is 18.1. The van der Waals surface area contributed by atoms with Gasteiger partial charge in [-0.2, -0.15) is 5.10 Å². The number of hydrogen-bond donors (Lipinski definition) is 1. The van der Waals surface area contributed by atoms with Crippen LogP contribution in [-0.2, 0) is 17.7 Å². The number of rotatable bonds is 12. The van der Waals surface area contributed by atoms with E-state index in [9.17, 15) is 5.11 Å². The average molecular weight is 507 g/mol.